The van der Waals surface area contributed by atoms with Crippen molar-refractivity contribution in [3.8, 4) is 0 Å². The van der Waals surface area contributed by atoms with Gasteiger partial charge < -0.3 is 15.8 Å². The zero-order valence-corrected chi connectivity index (χ0v) is 20.2. The van der Waals surface area contributed by atoms with E-state index in [0.717, 1.165) is 38.4 Å². The highest BCUT2D eigenvalue weighted by Crippen LogP contribution is 2.26. The van der Waals surface area contributed by atoms with Gasteiger partial charge in [-0.15, -0.1) is 24.0 Å². The van der Waals surface area contributed by atoms with Crippen LogP contribution in [0.3, 0.4) is 0 Å². The first-order valence-corrected chi connectivity index (χ1v) is 10.2. The maximum Gasteiger partial charge on any atom is 0.189 e. The molecule has 29 heavy (non-hydrogen) atoms. The van der Waals surface area contributed by atoms with E-state index in [4.69, 9.17) is 33.7 Å². The number of aliphatic imine (C=N–C) groups is 1. The highest BCUT2D eigenvalue weighted by atomic mass is 127. The van der Waals surface area contributed by atoms with Crippen molar-refractivity contribution in [1.82, 2.24) is 10.2 Å². The van der Waals surface area contributed by atoms with Gasteiger partial charge in [-0.25, -0.2) is 4.99 Å². The van der Waals surface area contributed by atoms with E-state index in [-0.39, 0.29) is 30.0 Å². The van der Waals surface area contributed by atoms with Crippen LogP contribution < -0.4 is 11.1 Å². The number of halogens is 3. The van der Waals surface area contributed by atoms with Gasteiger partial charge in [0.25, 0.3) is 0 Å². The standard InChI is InChI=1S/C21H26Cl2N4O.HI/c1-15(19-7-6-18(22)12-20(19)23)26-21(24)25-13-16-4-2-3-5-17(16)14-27-8-10-28-11-9-27;/h2-7,12,15H,8-11,13-14H2,1H3,(H3,24,25,26);1H. The average molecular weight is 549 g/mol. The monoisotopic (exact) mass is 548 g/mol. The maximum absolute atomic E-state index is 6.28. The zero-order valence-electron chi connectivity index (χ0n) is 16.4. The number of guanidine groups is 1. The zero-order chi connectivity index (χ0) is 19.9. The predicted octanol–water partition coefficient (Wildman–Crippen LogP) is 4.61. The van der Waals surface area contributed by atoms with Crippen LogP contribution in [0.25, 0.3) is 0 Å². The molecule has 1 unspecified atom stereocenters. The quantitative estimate of drug-likeness (QED) is 0.314. The van der Waals surface area contributed by atoms with Gasteiger partial charge in [0.2, 0.25) is 0 Å². The van der Waals surface area contributed by atoms with Crippen LogP contribution in [0.15, 0.2) is 47.5 Å². The lowest BCUT2D eigenvalue weighted by Gasteiger charge is -2.27. The first-order chi connectivity index (χ1) is 13.5. The predicted molar refractivity (Wildman–Crippen MR) is 131 cm³/mol. The number of hydrogen-bond donors (Lipinski definition) is 2. The molecular weight excluding hydrogens is 522 g/mol. The van der Waals surface area contributed by atoms with Gasteiger partial charge in [-0.05, 0) is 35.7 Å². The third-order valence-corrected chi connectivity index (χ3v) is 5.39. The van der Waals surface area contributed by atoms with Crippen LogP contribution >= 0.6 is 47.2 Å². The fourth-order valence-corrected chi connectivity index (χ4v) is 3.81. The molecule has 1 fully saturated rings. The van der Waals surface area contributed by atoms with Gasteiger partial charge in [-0.2, -0.15) is 0 Å². The second-order valence-corrected chi connectivity index (χ2v) is 7.73. The Bertz CT molecular complexity index is 828. The van der Waals surface area contributed by atoms with Crippen LogP contribution in [-0.4, -0.2) is 37.2 Å². The molecule has 3 N–H and O–H groups in total. The van der Waals surface area contributed by atoms with Gasteiger partial charge in [0.05, 0.1) is 25.8 Å². The van der Waals surface area contributed by atoms with Crippen LogP contribution in [0.2, 0.25) is 10.0 Å². The van der Waals surface area contributed by atoms with E-state index in [2.05, 4.69) is 33.4 Å². The van der Waals surface area contributed by atoms with Crippen LogP contribution in [-0.2, 0) is 17.8 Å². The van der Waals surface area contributed by atoms with E-state index >= 15 is 0 Å². The van der Waals surface area contributed by atoms with Gasteiger partial charge >= 0.3 is 0 Å². The van der Waals surface area contributed by atoms with E-state index in [0.29, 0.717) is 22.5 Å². The van der Waals surface area contributed by atoms with E-state index in [9.17, 15) is 0 Å². The first-order valence-electron chi connectivity index (χ1n) is 9.41. The van der Waals surface area contributed by atoms with Gasteiger partial charge in [0, 0.05) is 29.7 Å². The molecule has 1 atom stereocenters. The Morgan fingerprint density at radius 1 is 1.17 bits per heavy atom. The van der Waals surface area contributed by atoms with Gasteiger partial charge in [-0.3, -0.25) is 4.90 Å². The van der Waals surface area contributed by atoms with Crippen LogP contribution in [0.5, 0.6) is 0 Å². The van der Waals surface area contributed by atoms with Crippen molar-refractivity contribution in [2.24, 2.45) is 10.7 Å². The van der Waals surface area contributed by atoms with Gasteiger partial charge in [0.1, 0.15) is 0 Å². The molecule has 0 aromatic heterocycles. The largest absolute Gasteiger partial charge is 0.379 e. The molecule has 0 radical (unpaired) electrons. The van der Waals surface area contributed by atoms with Gasteiger partial charge in [0.15, 0.2) is 5.96 Å². The Balaban J connectivity index is 0.00000300. The summed E-state index contributed by atoms with van der Waals surface area (Å²) in [5.74, 6) is 0.389. The number of nitrogens with zero attached hydrogens (tertiary/aromatic N) is 2. The summed E-state index contributed by atoms with van der Waals surface area (Å²) >= 11 is 12.2. The molecule has 8 heteroatoms. The Hall–Kier alpha value is -1.06. The summed E-state index contributed by atoms with van der Waals surface area (Å²) < 4.78 is 5.43. The Labute approximate surface area is 199 Å². The molecule has 0 saturated carbocycles. The summed E-state index contributed by atoms with van der Waals surface area (Å²) in [5.41, 5.74) is 9.49. The molecule has 2 aromatic carbocycles. The SMILES string of the molecule is CC(NC(N)=NCc1ccccc1CN1CCOCC1)c1ccc(Cl)cc1Cl.I. The first kappa shape index (κ1) is 24.2. The highest BCUT2D eigenvalue weighted by molar-refractivity contribution is 14.0. The number of rotatable bonds is 6. The lowest BCUT2D eigenvalue weighted by molar-refractivity contribution is 0.0341. The Morgan fingerprint density at radius 3 is 2.55 bits per heavy atom. The van der Waals surface area contributed by atoms with E-state index in [1.807, 2.05) is 25.1 Å². The van der Waals surface area contributed by atoms with Crippen molar-refractivity contribution >= 4 is 53.1 Å². The molecule has 1 heterocycles. The minimum Gasteiger partial charge on any atom is -0.379 e. The number of ether oxygens (including phenoxy) is 1. The fourth-order valence-electron chi connectivity index (χ4n) is 3.23. The average Bonchev–Trinajstić information content (AvgIpc) is 2.68. The summed E-state index contributed by atoms with van der Waals surface area (Å²) in [6.45, 7) is 6.93. The normalized spacial score (nSPS) is 16.2. The Morgan fingerprint density at radius 2 is 1.86 bits per heavy atom. The second-order valence-electron chi connectivity index (χ2n) is 6.89. The van der Waals surface area contributed by atoms with E-state index < -0.39 is 0 Å². The summed E-state index contributed by atoms with van der Waals surface area (Å²) in [7, 11) is 0. The summed E-state index contributed by atoms with van der Waals surface area (Å²) in [6, 6.07) is 13.7. The maximum atomic E-state index is 6.28. The van der Waals surface area contributed by atoms with Crippen molar-refractivity contribution in [3.63, 3.8) is 0 Å². The van der Waals surface area contributed by atoms with Crippen LogP contribution in [0, 0.1) is 0 Å². The number of hydrogen-bond acceptors (Lipinski definition) is 3. The summed E-state index contributed by atoms with van der Waals surface area (Å²) in [5, 5.41) is 4.42. The lowest BCUT2D eigenvalue weighted by Crippen LogP contribution is -2.36. The minimum absolute atomic E-state index is 0. The van der Waals surface area contributed by atoms with Gasteiger partial charge in [-0.1, -0.05) is 53.5 Å². The molecular formula is C21H27Cl2IN4O. The smallest absolute Gasteiger partial charge is 0.189 e. The van der Waals surface area contributed by atoms with Crippen LogP contribution in [0.1, 0.15) is 29.7 Å². The molecule has 0 aliphatic carbocycles. The molecule has 1 saturated heterocycles. The highest BCUT2D eigenvalue weighted by Gasteiger charge is 2.13. The Kier molecular flexibility index (Phi) is 9.98. The molecule has 0 spiro atoms. The lowest BCUT2D eigenvalue weighted by atomic mass is 10.1. The number of nitrogens with two attached hydrogens (primary N) is 1. The van der Waals surface area contributed by atoms with Crippen LogP contribution in [0.4, 0.5) is 0 Å². The molecule has 0 bridgehead atoms. The van der Waals surface area contributed by atoms with E-state index in [1.165, 1.54) is 11.1 Å². The molecule has 3 rings (SSSR count). The summed E-state index contributed by atoms with van der Waals surface area (Å²) in [4.78, 5) is 6.93. The second kappa shape index (κ2) is 12.0. The third-order valence-electron chi connectivity index (χ3n) is 4.83. The van der Waals surface area contributed by atoms with Crippen molar-refractivity contribution < 1.29 is 4.74 Å². The van der Waals surface area contributed by atoms with E-state index in [1.54, 1.807) is 6.07 Å². The minimum atomic E-state index is -0.0721. The number of nitrogens with one attached hydrogen (secondary N) is 1. The topological polar surface area (TPSA) is 62.9 Å². The molecule has 158 valence electrons. The molecule has 1 aliphatic rings. The number of morpholine rings is 1. The van der Waals surface area contributed by atoms with Crippen molar-refractivity contribution in [1.29, 1.82) is 0 Å². The third kappa shape index (κ3) is 7.29. The molecule has 1 aliphatic heterocycles. The summed E-state index contributed by atoms with van der Waals surface area (Å²) in [6.07, 6.45) is 0. The molecule has 2 aromatic rings. The molecule has 5 nitrogen and oxygen atoms in total. The fraction of sp³-hybridized carbons (Fsp3) is 0.381. The van der Waals surface area contributed by atoms with Crippen molar-refractivity contribution in [2.75, 3.05) is 26.3 Å². The number of benzene rings is 2. The molecule has 0 amide bonds. The van der Waals surface area contributed by atoms with Crippen molar-refractivity contribution in [2.45, 2.75) is 26.1 Å². The van der Waals surface area contributed by atoms with Crippen molar-refractivity contribution in [3.05, 3.63) is 69.2 Å².